The number of methoxy groups -OCH3 is 1. The first-order chi connectivity index (χ1) is 11.0. The summed E-state index contributed by atoms with van der Waals surface area (Å²) in [5.74, 6) is -0.658. The fraction of sp³-hybridized carbons (Fsp3) is 0.438. The summed E-state index contributed by atoms with van der Waals surface area (Å²) in [6.45, 7) is 6.60. The normalized spacial score (nSPS) is 12.2. The average molecular weight is 336 g/mol. The number of benzene rings is 1. The lowest BCUT2D eigenvalue weighted by molar-refractivity contribution is -0.139. The summed E-state index contributed by atoms with van der Waals surface area (Å²) in [4.78, 5) is 28.0. The summed E-state index contributed by atoms with van der Waals surface area (Å²) in [6, 6.07) is 5.30. The third kappa shape index (κ3) is 3.67. The van der Waals surface area contributed by atoms with E-state index in [-0.39, 0.29) is 17.2 Å². The number of aryl methyl sites for hydroxylation is 1. The van der Waals surface area contributed by atoms with Gasteiger partial charge in [-0.05, 0) is 39.0 Å². The Labute approximate surface area is 139 Å². The fourth-order valence-electron chi connectivity index (χ4n) is 2.22. The molecule has 0 N–H and O–H groups in total. The lowest BCUT2D eigenvalue weighted by Gasteiger charge is -2.09. The van der Waals surface area contributed by atoms with Gasteiger partial charge in [0.2, 0.25) is 0 Å². The van der Waals surface area contributed by atoms with Crippen LogP contribution in [0.1, 0.15) is 31.1 Å². The molecule has 1 aromatic heterocycles. The fourth-order valence-corrected chi connectivity index (χ4v) is 3.23. The van der Waals surface area contributed by atoms with Crippen LogP contribution in [0.5, 0.6) is 0 Å². The molecule has 7 heteroatoms. The van der Waals surface area contributed by atoms with Crippen LogP contribution in [-0.4, -0.2) is 40.5 Å². The van der Waals surface area contributed by atoms with E-state index in [1.165, 1.54) is 18.9 Å². The van der Waals surface area contributed by atoms with Crippen LogP contribution in [0, 0.1) is 0 Å². The van der Waals surface area contributed by atoms with Crippen molar-refractivity contribution in [2.24, 2.45) is 0 Å². The van der Waals surface area contributed by atoms with Gasteiger partial charge in [-0.3, -0.25) is 4.79 Å². The van der Waals surface area contributed by atoms with Gasteiger partial charge in [-0.15, -0.1) is 0 Å². The van der Waals surface area contributed by atoms with Gasteiger partial charge in [-0.25, -0.2) is 9.78 Å². The van der Waals surface area contributed by atoms with E-state index in [1.807, 2.05) is 17.6 Å². The zero-order chi connectivity index (χ0) is 17.0. The molecule has 0 aliphatic rings. The van der Waals surface area contributed by atoms with Crippen LogP contribution in [0.3, 0.4) is 0 Å². The number of thioether (sulfide) groups is 1. The van der Waals surface area contributed by atoms with E-state index in [2.05, 4.69) is 4.98 Å². The summed E-state index contributed by atoms with van der Waals surface area (Å²) in [5.41, 5.74) is 2.09. The molecule has 23 heavy (non-hydrogen) atoms. The van der Waals surface area contributed by atoms with Gasteiger partial charge in [0, 0.05) is 6.54 Å². The van der Waals surface area contributed by atoms with Crippen molar-refractivity contribution >= 4 is 34.7 Å². The summed E-state index contributed by atoms with van der Waals surface area (Å²) in [5, 5.41) is 0.369. The van der Waals surface area contributed by atoms with Crippen LogP contribution in [-0.2, 0) is 20.8 Å². The van der Waals surface area contributed by atoms with E-state index in [0.29, 0.717) is 24.2 Å². The van der Waals surface area contributed by atoms with Crippen LogP contribution < -0.4 is 0 Å². The molecule has 0 saturated carbocycles. The number of ether oxygens (including phenoxy) is 2. The number of rotatable bonds is 6. The Morgan fingerprint density at radius 1 is 1.35 bits per heavy atom. The Hall–Kier alpha value is -2.02. The van der Waals surface area contributed by atoms with E-state index in [0.717, 1.165) is 10.7 Å². The lowest BCUT2D eigenvalue weighted by atomic mass is 10.2. The van der Waals surface area contributed by atoms with Gasteiger partial charge in [0.1, 0.15) is 5.25 Å². The summed E-state index contributed by atoms with van der Waals surface area (Å²) in [7, 11) is 1.37. The number of carbonyl (C=O) groups excluding carboxylic acids is 2. The molecule has 2 rings (SSSR count). The Kier molecular flexibility index (Phi) is 5.65. The number of carbonyl (C=O) groups is 2. The number of imidazole rings is 1. The first-order valence-corrected chi connectivity index (χ1v) is 8.31. The van der Waals surface area contributed by atoms with E-state index in [9.17, 15) is 9.59 Å². The van der Waals surface area contributed by atoms with E-state index >= 15 is 0 Å². The van der Waals surface area contributed by atoms with Crippen LogP contribution in [0.25, 0.3) is 11.0 Å². The van der Waals surface area contributed by atoms with Gasteiger partial charge in [-0.1, -0.05) is 11.8 Å². The highest BCUT2D eigenvalue weighted by Gasteiger charge is 2.20. The highest BCUT2D eigenvalue weighted by atomic mass is 32.2. The standard InChI is InChI=1S/C16H20N2O4S/c1-5-18-13-8-7-11(15(20)22-6-2)9-12(13)17-16(18)23-10(3)14(19)21-4/h7-10H,5-6H2,1-4H3. The molecule has 6 nitrogen and oxygen atoms in total. The minimum atomic E-state index is -0.363. The monoisotopic (exact) mass is 336 g/mol. The second kappa shape index (κ2) is 7.50. The maximum atomic E-state index is 11.8. The number of aromatic nitrogens is 2. The summed E-state index contributed by atoms with van der Waals surface area (Å²) in [6.07, 6.45) is 0. The van der Waals surface area contributed by atoms with Crippen molar-refractivity contribution in [3.05, 3.63) is 23.8 Å². The summed E-state index contributed by atoms with van der Waals surface area (Å²) < 4.78 is 11.8. The number of fused-ring (bicyclic) bond motifs is 1. The van der Waals surface area contributed by atoms with Gasteiger partial charge < -0.3 is 14.0 Å². The topological polar surface area (TPSA) is 70.4 Å². The quantitative estimate of drug-likeness (QED) is 0.597. The van der Waals surface area contributed by atoms with Crippen molar-refractivity contribution in [1.29, 1.82) is 0 Å². The molecule has 0 saturated heterocycles. The predicted octanol–water partition coefficient (Wildman–Crippen LogP) is 2.89. The minimum Gasteiger partial charge on any atom is -0.468 e. The molecular formula is C16H20N2O4S. The molecule has 1 aromatic carbocycles. The molecule has 1 unspecified atom stereocenters. The molecule has 1 atom stereocenters. The van der Waals surface area contributed by atoms with Gasteiger partial charge in [0.25, 0.3) is 0 Å². The Morgan fingerprint density at radius 3 is 2.70 bits per heavy atom. The first kappa shape index (κ1) is 17.3. The van der Waals surface area contributed by atoms with Gasteiger partial charge >= 0.3 is 11.9 Å². The van der Waals surface area contributed by atoms with Gasteiger partial charge in [-0.2, -0.15) is 0 Å². The largest absolute Gasteiger partial charge is 0.468 e. The predicted molar refractivity (Wildman–Crippen MR) is 88.7 cm³/mol. The number of hydrogen-bond acceptors (Lipinski definition) is 6. The highest BCUT2D eigenvalue weighted by molar-refractivity contribution is 8.00. The van der Waals surface area contributed by atoms with Crippen molar-refractivity contribution in [2.45, 2.75) is 37.7 Å². The first-order valence-electron chi connectivity index (χ1n) is 7.43. The van der Waals surface area contributed by atoms with E-state index < -0.39 is 0 Å². The van der Waals surface area contributed by atoms with Crippen LogP contribution >= 0.6 is 11.8 Å². The zero-order valence-electron chi connectivity index (χ0n) is 13.7. The molecule has 2 aromatic rings. The van der Waals surface area contributed by atoms with Crippen molar-refractivity contribution in [3.8, 4) is 0 Å². The molecule has 0 aliphatic carbocycles. The Balaban J connectivity index is 2.38. The Morgan fingerprint density at radius 2 is 2.09 bits per heavy atom. The molecule has 0 aliphatic heterocycles. The van der Waals surface area contributed by atoms with Gasteiger partial charge in [0.15, 0.2) is 5.16 Å². The molecule has 0 fully saturated rings. The van der Waals surface area contributed by atoms with Crippen molar-refractivity contribution in [1.82, 2.24) is 9.55 Å². The zero-order valence-corrected chi connectivity index (χ0v) is 14.5. The lowest BCUT2D eigenvalue weighted by Crippen LogP contribution is -2.15. The molecule has 0 amide bonds. The number of esters is 2. The molecule has 0 bridgehead atoms. The molecular weight excluding hydrogens is 316 g/mol. The Bertz CT molecular complexity index is 726. The second-order valence-corrected chi connectivity index (χ2v) is 6.15. The van der Waals surface area contributed by atoms with Crippen molar-refractivity contribution < 1.29 is 19.1 Å². The van der Waals surface area contributed by atoms with Crippen LogP contribution in [0.15, 0.2) is 23.4 Å². The third-order valence-electron chi connectivity index (χ3n) is 3.36. The minimum absolute atomic E-state index is 0.295. The SMILES string of the molecule is CCOC(=O)c1ccc2c(c1)nc(SC(C)C(=O)OC)n2CC. The smallest absolute Gasteiger partial charge is 0.338 e. The third-order valence-corrected chi connectivity index (χ3v) is 4.42. The van der Waals surface area contributed by atoms with Crippen LogP contribution in [0.2, 0.25) is 0 Å². The average Bonchev–Trinajstić information content (AvgIpc) is 2.90. The molecule has 0 spiro atoms. The second-order valence-electron chi connectivity index (χ2n) is 4.85. The number of hydrogen-bond donors (Lipinski definition) is 0. The highest BCUT2D eigenvalue weighted by Crippen LogP contribution is 2.28. The number of nitrogens with zero attached hydrogens (tertiary/aromatic N) is 2. The van der Waals surface area contributed by atoms with E-state index in [1.54, 1.807) is 26.0 Å². The van der Waals surface area contributed by atoms with Crippen LogP contribution in [0.4, 0.5) is 0 Å². The molecule has 0 radical (unpaired) electrons. The maximum absolute atomic E-state index is 11.8. The van der Waals surface area contributed by atoms with E-state index in [4.69, 9.17) is 9.47 Å². The molecule has 124 valence electrons. The van der Waals surface area contributed by atoms with Crippen molar-refractivity contribution in [3.63, 3.8) is 0 Å². The molecule has 1 heterocycles. The summed E-state index contributed by atoms with van der Waals surface area (Å²) >= 11 is 1.34. The van der Waals surface area contributed by atoms with Crippen molar-refractivity contribution in [2.75, 3.05) is 13.7 Å². The maximum Gasteiger partial charge on any atom is 0.338 e. The van der Waals surface area contributed by atoms with Gasteiger partial charge in [0.05, 0.1) is 30.3 Å².